The number of carbonyl (C=O) groups excluding carboxylic acids is 6. The highest BCUT2D eigenvalue weighted by Crippen LogP contribution is 2.41. The van der Waals surface area contributed by atoms with Crippen molar-refractivity contribution in [1.29, 1.82) is 0 Å². The third-order valence-electron chi connectivity index (χ3n) is 9.86. The van der Waals surface area contributed by atoms with Gasteiger partial charge in [0.25, 0.3) is 0 Å². The number of amides is 1. The van der Waals surface area contributed by atoms with E-state index in [1.54, 1.807) is 51.1 Å². The summed E-state index contributed by atoms with van der Waals surface area (Å²) in [5, 5.41) is 2.48. The first kappa shape index (κ1) is 45.7. The van der Waals surface area contributed by atoms with Crippen LogP contribution in [0.2, 0.25) is 0 Å². The van der Waals surface area contributed by atoms with E-state index in [2.05, 4.69) is 5.32 Å². The minimum atomic E-state index is -3.11. The molecule has 0 spiro atoms. The molecule has 0 radical (unpaired) electrons. The molecule has 0 aliphatic carbocycles. The van der Waals surface area contributed by atoms with Gasteiger partial charge in [0, 0.05) is 33.6 Å². The van der Waals surface area contributed by atoms with Gasteiger partial charge in [0.15, 0.2) is 12.2 Å². The zero-order chi connectivity index (χ0) is 42.7. The van der Waals surface area contributed by atoms with Crippen LogP contribution in [0.4, 0.5) is 4.39 Å². The summed E-state index contributed by atoms with van der Waals surface area (Å²) >= 11 is 0. The fourth-order valence-electron chi connectivity index (χ4n) is 7.04. The van der Waals surface area contributed by atoms with E-state index in [1.165, 1.54) is 0 Å². The van der Waals surface area contributed by atoms with E-state index in [0.717, 1.165) is 40.4 Å². The lowest BCUT2D eigenvalue weighted by atomic mass is 9.86. The summed E-state index contributed by atoms with van der Waals surface area (Å²) in [5.41, 5.74) is 1.04. The molecule has 16 nitrogen and oxygen atoms in total. The number of rotatable bonds is 16. The number of alkyl halides is 1. The molecule has 2 aromatic carbocycles. The monoisotopic (exact) mass is 817 g/mol. The molecule has 318 valence electrons. The Balaban J connectivity index is 1.82. The average Bonchev–Trinajstić information content (AvgIpc) is 3.18. The molecule has 2 aliphatic rings. The molecule has 12 atom stereocenters. The first-order chi connectivity index (χ1) is 27.5. The van der Waals surface area contributed by atoms with Crippen LogP contribution < -0.4 is 5.32 Å². The van der Waals surface area contributed by atoms with Gasteiger partial charge in [-0.05, 0) is 31.0 Å². The minimum absolute atomic E-state index is 0.00303. The summed E-state index contributed by atoms with van der Waals surface area (Å²) < 4.78 is 70.1. The molecule has 0 aromatic heterocycles. The Morgan fingerprint density at radius 2 is 1.45 bits per heavy atom. The molecule has 2 saturated heterocycles. The summed E-state index contributed by atoms with van der Waals surface area (Å²) in [6, 6.07) is 15.8. The summed E-state index contributed by atoms with van der Waals surface area (Å²) in [4.78, 5) is 77.3. The van der Waals surface area contributed by atoms with Gasteiger partial charge in [-0.25, -0.2) is 14.0 Å². The third-order valence-corrected chi connectivity index (χ3v) is 9.86. The lowest BCUT2D eigenvalue weighted by molar-refractivity contribution is -0.346. The molecule has 0 saturated carbocycles. The zero-order valence-corrected chi connectivity index (χ0v) is 33.7. The van der Waals surface area contributed by atoms with Crippen LogP contribution in [-0.2, 0) is 73.2 Å². The van der Waals surface area contributed by atoms with Gasteiger partial charge in [-0.3, -0.25) is 19.2 Å². The van der Waals surface area contributed by atoms with Crippen LogP contribution in [-0.4, -0.2) is 116 Å². The molecular formula is C41H52FNO15. The minimum Gasteiger partial charge on any atom is -0.465 e. The van der Waals surface area contributed by atoms with Crippen molar-refractivity contribution in [3.8, 4) is 0 Å². The molecule has 1 N–H and O–H groups in total. The molecule has 1 amide bonds. The summed E-state index contributed by atoms with van der Waals surface area (Å²) in [7, 11) is 0.933. The van der Waals surface area contributed by atoms with Crippen molar-refractivity contribution in [2.24, 2.45) is 5.92 Å². The summed E-state index contributed by atoms with van der Waals surface area (Å²) in [6.07, 6.45) is -13.3. The van der Waals surface area contributed by atoms with Gasteiger partial charge in [0.05, 0.1) is 38.0 Å². The predicted octanol–water partition coefficient (Wildman–Crippen LogP) is 3.55. The van der Waals surface area contributed by atoms with Crippen molar-refractivity contribution < 1.29 is 75.8 Å². The SMILES string of the molecule is CC[C@@H](OC(C)=O)[C@@H](OC(C)=O)C1O[C@@](OCC2O[C@@H](C)C(C)[C@@H](OC(=O)c3ccccc3)[C@H]2OCc2ccccc2)(C(=O)OC)C(F)[C@@H](OC(C)=O)[C@H]1NC(C)=O. The molecule has 17 heteroatoms. The van der Waals surface area contributed by atoms with Crippen LogP contribution in [0.5, 0.6) is 0 Å². The second kappa shape index (κ2) is 20.6. The lowest BCUT2D eigenvalue weighted by Crippen LogP contribution is -2.74. The quantitative estimate of drug-likeness (QED) is 0.191. The van der Waals surface area contributed by atoms with Crippen LogP contribution in [0.1, 0.15) is 70.8 Å². The number of benzene rings is 2. The van der Waals surface area contributed by atoms with Gasteiger partial charge in [0.2, 0.25) is 12.1 Å². The summed E-state index contributed by atoms with van der Waals surface area (Å²) in [6.45, 7) is 8.68. The Morgan fingerprint density at radius 1 is 0.828 bits per heavy atom. The Morgan fingerprint density at radius 3 is 2.00 bits per heavy atom. The van der Waals surface area contributed by atoms with E-state index in [0.29, 0.717) is 0 Å². The van der Waals surface area contributed by atoms with Gasteiger partial charge in [-0.1, -0.05) is 62.4 Å². The van der Waals surface area contributed by atoms with Crippen molar-refractivity contribution in [3.63, 3.8) is 0 Å². The standard InChI is InChI=1S/C41H52FNO15/c1-9-30(54-25(5)45)35(55-26(6)46)36-32(43-24(4)44)37(56-27(7)47)38(42)41(58-36,40(49)50-8)52-21-31-34(51-20-28-16-12-10-13-17-28)33(22(2)23(3)53-31)57-39(48)29-18-14-11-15-19-29/h10-19,22-23,30-38H,9,20-21H2,1-8H3,(H,43,44)/t22?,23-,30+,31?,32-,33+,34-,35+,36?,37-,38?,41+/m0/s1. The van der Waals surface area contributed by atoms with Crippen LogP contribution >= 0.6 is 0 Å². The van der Waals surface area contributed by atoms with Crippen LogP contribution in [0.25, 0.3) is 0 Å². The van der Waals surface area contributed by atoms with Crippen LogP contribution in [0.3, 0.4) is 0 Å². The number of esters is 5. The highest BCUT2D eigenvalue weighted by molar-refractivity contribution is 5.89. The number of nitrogens with one attached hydrogen (secondary N) is 1. The number of hydrogen-bond acceptors (Lipinski definition) is 15. The van der Waals surface area contributed by atoms with Gasteiger partial charge in [0.1, 0.15) is 30.5 Å². The van der Waals surface area contributed by atoms with E-state index in [9.17, 15) is 28.8 Å². The first-order valence-electron chi connectivity index (χ1n) is 18.9. The van der Waals surface area contributed by atoms with Crippen molar-refractivity contribution in [2.75, 3.05) is 13.7 Å². The number of hydrogen-bond donors (Lipinski definition) is 1. The maximum absolute atomic E-state index is 17.3. The molecule has 2 fully saturated rings. The Hall–Kier alpha value is -4.97. The molecule has 2 aliphatic heterocycles. The maximum atomic E-state index is 17.3. The second-order valence-electron chi connectivity index (χ2n) is 14.1. The Kier molecular flexibility index (Phi) is 16.3. The molecule has 4 unspecified atom stereocenters. The molecule has 2 heterocycles. The fourth-order valence-corrected chi connectivity index (χ4v) is 7.04. The van der Waals surface area contributed by atoms with E-state index < -0.39 is 115 Å². The average molecular weight is 818 g/mol. The van der Waals surface area contributed by atoms with Crippen molar-refractivity contribution in [3.05, 3.63) is 71.8 Å². The van der Waals surface area contributed by atoms with E-state index >= 15 is 4.39 Å². The number of methoxy groups -OCH3 is 1. The highest BCUT2D eigenvalue weighted by atomic mass is 19.1. The van der Waals surface area contributed by atoms with E-state index in [4.69, 9.17) is 42.6 Å². The second-order valence-corrected chi connectivity index (χ2v) is 14.1. The molecular weight excluding hydrogens is 765 g/mol. The Bertz CT molecular complexity index is 1710. The molecule has 58 heavy (non-hydrogen) atoms. The first-order valence-corrected chi connectivity index (χ1v) is 18.9. The summed E-state index contributed by atoms with van der Waals surface area (Å²) in [5.74, 6) is -9.10. The van der Waals surface area contributed by atoms with Crippen molar-refractivity contribution in [2.45, 2.75) is 128 Å². The third kappa shape index (κ3) is 11.2. The van der Waals surface area contributed by atoms with Crippen LogP contribution in [0.15, 0.2) is 60.7 Å². The van der Waals surface area contributed by atoms with Gasteiger partial charge in [-0.15, -0.1) is 0 Å². The number of carbonyl (C=O) groups is 6. The van der Waals surface area contributed by atoms with Crippen molar-refractivity contribution in [1.82, 2.24) is 5.32 Å². The van der Waals surface area contributed by atoms with E-state index in [1.807, 2.05) is 30.3 Å². The largest absolute Gasteiger partial charge is 0.465 e. The highest BCUT2D eigenvalue weighted by Gasteiger charge is 2.66. The normalized spacial score (nSPS) is 29.2. The van der Waals surface area contributed by atoms with Gasteiger partial charge < -0.3 is 47.9 Å². The molecule has 2 aromatic rings. The lowest BCUT2D eigenvalue weighted by Gasteiger charge is -2.50. The van der Waals surface area contributed by atoms with Crippen LogP contribution in [0, 0.1) is 5.92 Å². The topological polar surface area (TPSA) is 198 Å². The molecule has 0 bridgehead atoms. The maximum Gasteiger partial charge on any atom is 0.370 e. The fraction of sp³-hybridized carbons (Fsp3) is 0.561. The Labute approximate surface area is 336 Å². The predicted molar refractivity (Wildman–Crippen MR) is 199 cm³/mol. The molecule has 4 rings (SSSR count). The smallest absolute Gasteiger partial charge is 0.370 e. The van der Waals surface area contributed by atoms with Crippen molar-refractivity contribution >= 4 is 35.8 Å². The number of halogens is 1. The zero-order valence-electron chi connectivity index (χ0n) is 33.7. The number of ether oxygens (including phenoxy) is 9. The van der Waals surface area contributed by atoms with Gasteiger partial charge in [-0.2, -0.15) is 0 Å². The van der Waals surface area contributed by atoms with Gasteiger partial charge >= 0.3 is 35.6 Å². The van der Waals surface area contributed by atoms with E-state index in [-0.39, 0.29) is 18.6 Å².